The number of pyridine rings is 1. The predicted molar refractivity (Wildman–Crippen MR) is 90.5 cm³/mol. The van der Waals surface area contributed by atoms with Crippen molar-refractivity contribution in [2.45, 2.75) is 46.0 Å². The van der Waals surface area contributed by atoms with Gasteiger partial charge in [-0.25, -0.2) is 0 Å². The van der Waals surface area contributed by atoms with E-state index in [0.29, 0.717) is 0 Å². The average molecular weight is 300 g/mol. The minimum absolute atomic E-state index is 0.000953. The lowest BCUT2D eigenvalue weighted by atomic mass is 10.0. The van der Waals surface area contributed by atoms with Crippen molar-refractivity contribution in [1.82, 2.24) is 4.98 Å². The van der Waals surface area contributed by atoms with E-state index in [0.717, 1.165) is 40.8 Å². The number of aliphatic carboxylic acids is 1. The number of carboxylic acid groups (broad SMARTS) is 1. The van der Waals surface area contributed by atoms with Crippen LogP contribution in [0.1, 0.15) is 43.9 Å². The molecule has 1 aromatic heterocycles. The second-order valence-corrected chi connectivity index (χ2v) is 5.63. The van der Waals surface area contributed by atoms with Crippen LogP contribution in [0.25, 0.3) is 10.9 Å². The van der Waals surface area contributed by atoms with Crippen molar-refractivity contribution in [2.24, 2.45) is 0 Å². The molecule has 0 saturated heterocycles. The number of hydrogen-bond donors (Lipinski definition) is 2. The molecule has 22 heavy (non-hydrogen) atoms. The first-order valence-electron chi connectivity index (χ1n) is 7.97. The molecule has 1 heterocycles. The molecule has 0 fully saturated rings. The van der Waals surface area contributed by atoms with Gasteiger partial charge in [-0.3, -0.25) is 9.78 Å². The Kier molecular flexibility index (Phi) is 5.75. The Morgan fingerprint density at radius 2 is 2.00 bits per heavy atom. The van der Waals surface area contributed by atoms with E-state index < -0.39 is 5.97 Å². The van der Waals surface area contributed by atoms with Crippen LogP contribution in [0.2, 0.25) is 0 Å². The van der Waals surface area contributed by atoms with Gasteiger partial charge in [-0.2, -0.15) is 0 Å². The summed E-state index contributed by atoms with van der Waals surface area (Å²) >= 11 is 0. The predicted octanol–water partition coefficient (Wildman–Crippen LogP) is 4.16. The van der Waals surface area contributed by atoms with Gasteiger partial charge in [0.25, 0.3) is 0 Å². The van der Waals surface area contributed by atoms with Crippen molar-refractivity contribution in [3.63, 3.8) is 0 Å². The highest BCUT2D eigenvalue weighted by molar-refractivity contribution is 5.94. The van der Waals surface area contributed by atoms with E-state index in [9.17, 15) is 9.90 Å². The molecule has 4 nitrogen and oxygen atoms in total. The lowest BCUT2D eigenvalue weighted by molar-refractivity contribution is -0.136. The second kappa shape index (κ2) is 7.78. The van der Waals surface area contributed by atoms with Crippen LogP contribution in [0.3, 0.4) is 0 Å². The minimum Gasteiger partial charge on any atom is -0.481 e. The molecule has 1 aromatic carbocycles. The molecule has 0 spiro atoms. The zero-order chi connectivity index (χ0) is 15.9. The lowest BCUT2D eigenvalue weighted by Gasteiger charge is -2.16. The lowest BCUT2D eigenvalue weighted by Crippen LogP contribution is -2.11. The van der Waals surface area contributed by atoms with Gasteiger partial charge in [0, 0.05) is 28.9 Å². The molecular formula is C18H24N2O2. The zero-order valence-corrected chi connectivity index (χ0v) is 13.4. The summed E-state index contributed by atoms with van der Waals surface area (Å²) in [6.07, 6.45) is 4.73. The minimum atomic E-state index is -0.825. The molecular weight excluding hydrogens is 276 g/mol. The molecule has 0 amide bonds. The Hall–Kier alpha value is -2.10. The standard InChI is InChI=1S/C18H24N2O2/c1-3-4-5-8-11-19-18-14-9-6-7-10-16(14)20-13(2)15(18)12-17(21)22/h6-7,9-10H,3-5,8,11-12H2,1-2H3,(H,19,20)(H,21,22). The summed E-state index contributed by atoms with van der Waals surface area (Å²) in [7, 11) is 0. The van der Waals surface area contributed by atoms with Crippen LogP contribution in [-0.2, 0) is 11.2 Å². The van der Waals surface area contributed by atoms with Gasteiger partial charge in [0.1, 0.15) is 0 Å². The van der Waals surface area contributed by atoms with Gasteiger partial charge >= 0.3 is 5.97 Å². The van der Waals surface area contributed by atoms with E-state index in [-0.39, 0.29) is 6.42 Å². The van der Waals surface area contributed by atoms with Crippen LogP contribution in [-0.4, -0.2) is 22.6 Å². The van der Waals surface area contributed by atoms with Crippen LogP contribution >= 0.6 is 0 Å². The first-order valence-corrected chi connectivity index (χ1v) is 7.97. The first kappa shape index (κ1) is 16.3. The first-order chi connectivity index (χ1) is 10.6. The molecule has 0 unspecified atom stereocenters. The molecule has 2 aromatic rings. The molecule has 0 aliphatic carbocycles. The van der Waals surface area contributed by atoms with Crippen molar-refractivity contribution in [2.75, 3.05) is 11.9 Å². The summed E-state index contributed by atoms with van der Waals surface area (Å²) in [5, 5.41) is 13.6. The molecule has 0 aliphatic rings. The van der Waals surface area contributed by atoms with E-state index in [2.05, 4.69) is 17.2 Å². The van der Waals surface area contributed by atoms with Crippen LogP contribution < -0.4 is 5.32 Å². The highest BCUT2D eigenvalue weighted by atomic mass is 16.4. The fourth-order valence-electron chi connectivity index (χ4n) is 2.71. The number of benzene rings is 1. The summed E-state index contributed by atoms with van der Waals surface area (Å²) in [6, 6.07) is 7.89. The summed E-state index contributed by atoms with van der Waals surface area (Å²) in [6.45, 7) is 4.94. The van der Waals surface area contributed by atoms with Gasteiger partial charge < -0.3 is 10.4 Å². The largest absolute Gasteiger partial charge is 0.481 e. The number of unbranched alkanes of at least 4 members (excludes halogenated alkanes) is 3. The van der Waals surface area contributed by atoms with Gasteiger partial charge in [0.15, 0.2) is 0 Å². The molecule has 0 atom stereocenters. The number of carbonyl (C=O) groups is 1. The quantitative estimate of drug-likeness (QED) is 0.718. The van der Waals surface area contributed by atoms with Crippen molar-refractivity contribution in [3.8, 4) is 0 Å². The van der Waals surface area contributed by atoms with E-state index in [1.165, 1.54) is 19.3 Å². The Labute approximate surface area is 131 Å². The average Bonchev–Trinajstić information content (AvgIpc) is 2.49. The van der Waals surface area contributed by atoms with Crippen molar-refractivity contribution >= 4 is 22.6 Å². The molecule has 118 valence electrons. The van der Waals surface area contributed by atoms with Crippen molar-refractivity contribution < 1.29 is 9.90 Å². The molecule has 0 radical (unpaired) electrons. The highest BCUT2D eigenvalue weighted by Gasteiger charge is 2.14. The SMILES string of the molecule is CCCCCCNc1c(CC(=O)O)c(C)nc2ccccc12. The number of para-hydroxylation sites is 1. The fraction of sp³-hybridized carbons (Fsp3) is 0.444. The maximum absolute atomic E-state index is 11.2. The van der Waals surface area contributed by atoms with Gasteiger partial charge in [-0.05, 0) is 19.4 Å². The number of nitrogens with one attached hydrogen (secondary N) is 1. The molecule has 4 heteroatoms. The smallest absolute Gasteiger partial charge is 0.307 e. The second-order valence-electron chi connectivity index (χ2n) is 5.63. The van der Waals surface area contributed by atoms with Gasteiger partial charge in [0.2, 0.25) is 0 Å². The van der Waals surface area contributed by atoms with E-state index >= 15 is 0 Å². The summed E-state index contributed by atoms with van der Waals surface area (Å²) in [5.41, 5.74) is 3.42. The summed E-state index contributed by atoms with van der Waals surface area (Å²) < 4.78 is 0. The maximum atomic E-state index is 11.2. The number of aryl methyl sites for hydroxylation is 1. The van der Waals surface area contributed by atoms with E-state index in [1.807, 2.05) is 31.2 Å². The summed E-state index contributed by atoms with van der Waals surface area (Å²) in [4.78, 5) is 15.7. The molecule has 0 bridgehead atoms. The number of carboxylic acids is 1. The van der Waals surface area contributed by atoms with Crippen LogP contribution in [0.4, 0.5) is 5.69 Å². The third kappa shape index (κ3) is 3.97. The van der Waals surface area contributed by atoms with E-state index in [4.69, 9.17) is 0 Å². The Morgan fingerprint density at radius 1 is 1.23 bits per heavy atom. The third-order valence-electron chi connectivity index (χ3n) is 3.86. The number of anilines is 1. The van der Waals surface area contributed by atoms with Crippen molar-refractivity contribution in [3.05, 3.63) is 35.5 Å². The van der Waals surface area contributed by atoms with Crippen LogP contribution in [0.5, 0.6) is 0 Å². The van der Waals surface area contributed by atoms with E-state index in [1.54, 1.807) is 0 Å². The normalized spacial score (nSPS) is 10.8. The van der Waals surface area contributed by atoms with Gasteiger partial charge in [-0.1, -0.05) is 44.4 Å². The fourth-order valence-corrected chi connectivity index (χ4v) is 2.71. The van der Waals surface area contributed by atoms with Crippen molar-refractivity contribution in [1.29, 1.82) is 0 Å². The molecule has 2 N–H and O–H groups in total. The number of hydrogen-bond acceptors (Lipinski definition) is 3. The number of nitrogens with zero attached hydrogens (tertiary/aromatic N) is 1. The van der Waals surface area contributed by atoms with Gasteiger partial charge in [0.05, 0.1) is 11.9 Å². The Balaban J connectivity index is 2.31. The Bertz CT molecular complexity index is 653. The van der Waals surface area contributed by atoms with Crippen LogP contribution in [0, 0.1) is 6.92 Å². The Morgan fingerprint density at radius 3 is 2.73 bits per heavy atom. The molecule has 0 saturated carbocycles. The zero-order valence-electron chi connectivity index (χ0n) is 13.4. The maximum Gasteiger partial charge on any atom is 0.307 e. The number of aromatic nitrogens is 1. The highest BCUT2D eigenvalue weighted by Crippen LogP contribution is 2.29. The number of rotatable bonds is 8. The molecule has 0 aliphatic heterocycles. The monoisotopic (exact) mass is 300 g/mol. The number of fused-ring (bicyclic) bond motifs is 1. The topological polar surface area (TPSA) is 62.2 Å². The third-order valence-corrected chi connectivity index (χ3v) is 3.86. The van der Waals surface area contributed by atoms with Crippen LogP contribution in [0.15, 0.2) is 24.3 Å². The molecule has 2 rings (SSSR count). The van der Waals surface area contributed by atoms with Gasteiger partial charge in [-0.15, -0.1) is 0 Å². The summed E-state index contributed by atoms with van der Waals surface area (Å²) in [5.74, 6) is -0.825.